The van der Waals surface area contributed by atoms with E-state index in [0.29, 0.717) is 32.2 Å². The van der Waals surface area contributed by atoms with E-state index in [1.165, 1.54) is 0 Å². The molecule has 6 nitrogen and oxygen atoms in total. The molecule has 1 saturated heterocycles. The molecule has 0 aromatic carbocycles. The van der Waals surface area contributed by atoms with Gasteiger partial charge in [0.1, 0.15) is 12.1 Å². The van der Waals surface area contributed by atoms with Crippen LogP contribution in [-0.4, -0.2) is 36.9 Å². The molecule has 0 aromatic heterocycles. The summed E-state index contributed by atoms with van der Waals surface area (Å²) in [4.78, 5) is 6.68. The molecular weight excluding hydrogens is 196 g/mol. The monoisotopic (exact) mass is 206 g/mol. The molecule has 0 bridgehead atoms. The Kier molecular flexibility index (Phi) is 4.14. The zero-order valence-electron chi connectivity index (χ0n) is 8.14. The fraction of sp³-hybridized carbons (Fsp3) is 0.444. The Morgan fingerprint density at radius 1 is 1.33 bits per heavy atom. The SMILES string of the molecule is C=C(ON=C(C#N)C#N)N1CCOCC1. The molecular formula is C9H10N4O2. The Morgan fingerprint density at radius 3 is 2.47 bits per heavy atom. The number of morpholine rings is 1. The lowest BCUT2D eigenvalue weighted by Crippen LogP contribution is -2.35. The molecule has 0 spiro atoms. The van der Waals surface area contributed by atoms with Gasteiger partial charge in [-0.2, -0.15) is 10.5 Å². The summed E-state index contributed by atoms with van der Waals surface area (Å²) in [5, 5.41) is 20.2. The smallest absolute Gasteiger partial charge is 0.256 e. The van der Waals surface area contributed by atoms with E-state index in [4.69, 9.17) is 20.1 Å². The van der Waals surface area contributed by atoms with Gasteiger partial charge in [0.15, 0.2) is 0 Å². The lowest BCUT2D eigenvalue weighted by molar-refractivity contribution is 0.0163. The number of ether oxygens (including phenoxy) is 1. The summed E-state index contributed by atoms with van der Waals surface area (Å²) in [6, 6.07) is 3.18. The van der Waals surface area contributed by atoms with Crippen LogP contribution in [0.1, 0.15) is 0 Å². The third kappa shape index (κ3) is 3.29. The molecule has 1 heterocycles. The van der Waals surface area contributed by atoms with E-state index in [1.807, 2.05) is 4.90 Å². The Morgan fingerprint density at radius 2 is 1.93 bits per heavy atom. The van der Waals surface area contributed by atoms with Gasteiger partial charge in [-0.05, 0) is 6.58 Å². The third-order valence-electron chi connectivity index (χ3n) is 1.82. The van der Waals surface area contributed by atoms with Crippen LogP contribution >= 0.6 is 0 Å². The molecule has 78 valence electrons. The van der Waals surface area contributed by atoms with Crippen LogP contribution in [0.4, 0.5) is 0 Å². The van der Waals surface area contributed by atoms with Crippen LogP contribution in [0.25, 0.3) is 0 Å². The molecule has 1 aliphatic heterocycles. The Labute approximate surface area is 87.6 Å². The topological polar surface area (TPSA) is 81.6 Å². The fourth-order valence-corrected chi connectivity index (χ4v) is 1.03. The first-order valence-corrected chi connectivity index (χ1v) is 4.34. The van der Waals surface area contributed by atoms with Crippen molar-refractivity contribution in [3.63, 3.8) is 0 Å². The molecule has 1 rings (SSSR count). The number of oxime groups is 1. The third-order valence-corrected chi connectivity index (χ3v) is 1.82. The largest absolute Gasteiger partial charge is 0.378 e. The predicted octanol–water partition coefficient (Wildman–Crippen LogP) is 0.210. The minimum absolute atomic E-state index is 0.321. The first-order chi connectivity index (χ1) is 7.27. The molecule has 0 saturated carbocycles. The van der Waals surface area contributed by atoms with Crippen LogP contribution in [0.2, 0.25) is 0 Å². The summed E-state index contributed by atoms with van der Waals surface area (Å²) in [5.74, 6) is 0.321. The van der Waals surface area contributed by atoms with E-state index >= 15 is 0 Å². The van der Waals surface area contributed by atoms with Gasteiger partial charge < -0.3 is 14.5 Å². The van der Waals surface area contributed by atoms with Crippen molar-refractivity contribution in [1.82, 2.24) is 4.90 Å². The second-order valence-corrected chi connectivity index (χ2v) is 2.75. The molecule has 0 unspecified atom stereocenters. The summed E-state index contributed by atoms with van der Waals surface area (Å²) in [5.41, 5.74) is -0.329. The van der Waals surface area contributed by atoms with Gasteiger partial charge >= 0.3 is 0 Å². The zero-order valence-corrected chi connectivity index (χ0v) is 8.14. The van der Waals surface area contributed by atoms with Gasteiger partial charge in [-0.25, -0.2) is 0 Å². The lowest BCUT2D eigenvalue weighted by atomic mass is 10.4. The normalized spacial score (nSPS) is 14.7. The highest BCUT2D eigenvalue weighted by atomic mass is 16.6. The summed E-state index contributed by atoms with van der Waals surface area (Å²) < 4.78 is 5.14. The molecule has 6 heteroatoms. The van der Waals surface area contributed by atoms with E-state index in [9.17, 15) is 0 Å². The van der Waals surface area contributed by atoms with E-state index in [-0.39, 0.29) is 5.71 Å². The molecule has 0 aromatic rings. The Bertz CT molecular complexity index is 328. The van der Waals surface area contributed by atoms with Crippen LogP contribution < -0.4 is 0 Å². The van der Waals surface area contributed by atoms with Crippen molar-refractivity contribution in [2.75, 3.05) is 26.3 Å². The van der Waals surface area contributed by atoms with Gasteiger partial charge in [0.2, 0.25) is 5.88 Å². The van der Waals surface area contributed by atoms with Crippen molar-refractivity contribution in [3.05, 3.63) is 12.5 Å². The van der Waals surface area contributed by atoms with Gasteiger partial charge in [-0.3, -0.25) is 0 Å². The summed E-state index contributed by atoms with van der Waals surface area (Å²) in [6.45, 7) is 6.19. The predicted molar refractivity (Wildman–Crippen MR) is 51.3 cm³/mol. The van der Waals surface area contributed by atoms with Crippen molar-refractivity contribution in [2.45, 2.75) is 0 Å². The van der Waals surface area contributed by atoms with Gasteiger partial charge in [-0.15, -0.1) is 0 Å². The van der Waals surface area contributed by atoms with Crippen molar-refractivity contribution < 1.29 is 9.57 Å². The second kappa shape index (κ2) is 5.63. The van der Waals surface area contributed by atoms with Crippen molar-refractivity contribution >= 4 is 5.71 Å². The molecule has 0 amide bonds. The maximum Gasteiger partial charge on any atom is 0.256 e. The second-order valence-electron chi connectivity index (χ2n) is 2.75. The molecule has 15 heavy (non-hydrogen) atoms. The van der Waals surface area contributed by atoms with Crippen LogP contribution in [-0.2, 0) is 9.57 Å². The van der Waals surface area contributed by atoms with E-state index in [0.717, 1.165) is 0 Å². The number of hydrogen-bond donors (Lipinski definition) is 0. The highest BCUT2D eigenvalue weighted by molar-refractivity contribution is 6.09. The Balaban J connectivity index is 2.45. The standard InChI is InChI=1S/C9H10N4O2/c1-8(13-2-4-14-5-3-13)15-12-9(6-10)7-11/h1-5H2. The fourth-order valence-electron chi connectivity index (χ4n) is 1.03. The van der Waals surface area contributed by atoms with Gasteiger partial charge in [-0.1, -0.05) is 5.16 Å². The number of nitrogens with zero attached hydrogens (tertiary/aromatic N) is 4. The van der Waals surface area contributed by atoms with Crippen molar-refractivity contribution in [3.8, 4) is 12.1 Å². The number of hydrogen-bond acceptors (Lipinski definition) is 6. The van der Waals surface area contributed by atoms with Crippen LogP contribution in [0, 0.1) is 22.7 Å². The molecule has 0 radical (unpaired) electrons. The highest BCUT2D eigenvalue weighted by Gasteiger charge is 2.13. The molecule has 0 aliphatic carbocycles. The minimum atomic E-state index is -0.329. The maximum absolute atomic E-state index is 8.40. The number of nitriles is 2. The minimum Gasteiger partial charge on any atom is -0.378 e. The summed E-state index contributed by atoms with van der Waals surface area (Å²) >= 11 is 0. The highest BCUT2D eigenvalue weighted by Crippen LogP contribution is 2.07. The summed E-state index contributed by atoms with van der Waals surface area (Å²) in [6.07, 6.45) is 0. The first-order valence-electron chi connectivity index (χ1n) is 4.34. The molecule has 0 atom stereocenters. The van der Waals surface area contributed by atoms with Gasteiger partial charge in [0.05, 0.1) is 13.2 Å². The Hall–Kier alpha value is -2.05. The van der Waals surface area contributed by atoms with Crippen LogP contribution in [0.3, 0.4) is 0 Å². The van der Waals surface area contributed by atoms with E-state index in [2.05, 4.69) is 11.7 Å². The van der Waals surface area contributed by atoms with Crippen molar-refractivity contribution in [2.24, 2.45) is 5.16 Å². The zero-order chi connectivity index (χ0) is 11.1. The van der Waals surface area contributed by atoms with Gasteiger partial charge in [0.25, 0.3) is 5.71 Å². The molecule has 0 N–H and O–H groups in total. The average Bonchev–Trinajstić information content (AvgIpc) is 2.31. The van der Waals surface area contributed by atoms with Gasteiger partial charge in [0, 0.05) is 13.1 Å². The van der Waals surface area contributed by atoms with E-state index < -0.39 is 0 Å². The maximum atomic E-state index is 8.40. The number of rotatable bonds is 3. The summed E-state index contributed by atoms with van der Waals surface area (Å²) in [7, 11) is 0. The quantitative estimate of drug-likeness (QED) is 0.374. The average molecular weight is 206 g/mol. The lowest BCUT2D eigenvalue weighted by Gasteiger charge is -2.27. The van der Waals surface area contributed by atoms with Crippen LogP contribution in [0.15, 0.2) is 17.6 Å². The molecule has 1 aliphatic rings. The first kappa shape index (κ1) is 11.0. The van der Waals surface area contributed by atoms with E-state index in [1.54, 1.807) is 12.1 Å². The van der Waals surface area contributed by atoms with Crippen LogP contribution in [0.5, 0.6) is 0 Å². The van der Waals surface area contributed by atoms with Crippen molar-refractivity contribution in [1.29, 1.82) is 10.5 Å². The molecule has 1 fully saturated rings.